The number of aromatic nitrogens is 1. The summed E-state index contributed by atoms with van der Waals surface area (Å²) in [6.07, 6.45) is 9.98. The van der Waals surface area contributed by atoms with E-state index in [9.17, 15) is 33.6 Å². The minimum absolute atomic E-state index is 0.00805. The molecule has 1 aliphatic rings. The maximum Gasteiger partial charge on any atom is 0.323 e. The van der Waals surface area contributed by atoms with E-state index in [1.165, 1.54) is 6.08 Å². The second kappa shape index (κ2) is 23.0. The van der Waals surface area contributed by atoms with Crippen LogP contribution in [0.2, 0.25) is 0 Å². The van der Waals surface area contributed by atoms with Crippen LogP contribution in [0, 0.1) is 6.92 Å². The van der Waals surface area contributed by atoms with Crippen LogP contribution < -0.4 is 37.6 Å². The Labute approximate surface area is 343 Å². The highest BCUT2D eigenvalue weighted by atomic mass is 16.4. The Bertz CT molecular complexity index is 1950. The molecule has 1 aliphatic carbocycles. The summed E-state index contributed by atoms with van der Waals surface area (Å²) in [7, 11) is 0. The number of anilines is 2. The number of carbonyl (C=O) groups excluding carboxylic acids is 6. The molecule has 314 valence electrons. The van der Waals surface area contributed by atoms with Crippen LogP contribution >= 0.6 is 0 Å². The van der Waals surface area contributed by atoms with Gasteiger partial charge in [0.15, 0.2) is 0 Å². The summed E-state index contributed by atoms with van der Waals surface area (Å²) in [4.78, 5) is 93.3. The lowest BCUT2D eigenvalue weighted by Crippen LogP contribution is -2.63. The number of carboxylic acid groups (broad SMARTS) is 1. The number of pyridine rings is 1. The first-order chi connectivity index (χ1) is 28.3. The smallest absolute Gasteiger partial charge is 0.323 e. The predicted molar refractivity (Wildman–Crippen MR) is 223 cm³/mol. The van der Waals surface area contributed by atoms with Gasteiger partial charge in [-0.15, -0.1) is 0 Å². The number of hydrogen-bond acceptors (Lipinski definition) is 8. The summed E-state index contributed by atoms with van der Waals surface area (Å²) in [6, 6.07) is 15.1. The molecule has 16 nitrogen and oxygen atoms in total. The van der Waals surface area contributed by atoms with Gasteiger partial charge < -0.3 is 42.7 Å². The number of rotatable bonds is 21. The molecule has 7 amide bonds. The van der Waals surface area contributed by atoms with Crippen LogP contribution in [0.25, 0.3) is 6.08 Å². The summed E-state index contributed by atoms with van der Waals surface area (Å²) in [5, 5.41) is 25.8. The van der Waals surface area contributed by atoms with Gasteiger partial charge in [-0.2, -0.15) is 0 Å². The second-order valence-electron chi connectivity index (χ2n) is 14.6. The summed E-state index contributed by atoms with van der Waals surface area (Å²) in [5.41, 5.74) is 7.88. The Balaban J connectivity index is 1.33. The van der Waals surface area contributed by atoms with Crippen molar-refractivity contribution in [2.75, 3.05) is 17.2 Å². The second-order valence-corrected chi connectivity index (χ2v) is 14.6. The number of hydrogen-bond donors (Lipinski definition) is 8. The summed E-state index contributed by atoms with van der Waals surface area (Å²) in [5.74, 6) is -3.84. The van der Waals surface area contributed by atoms with Crippen LogP contribution in [0.5, 0.6) is 0 Å². The molecule has 0 unspecified atom stereocenters. The van der Waals surface area contributed by atoms with Gasteiger partial charge in [-0.05, 0) is 98.9 Å². The fourth-order valence-electron chi connectivity index (χ4n) is 6.72. The number of primary amides is 1. The molecule has 1 heterocycles. The number of aryl methyl sites for hydroxylation is 1. The van der Waals surface area contributed by atoms with Crippen LogP contribution in [-0.4, -0.2) is 75.8 Å². The predicted octanol–water partition coefficient (Wildman–Crippen LogP) is 4.11. The Morgan fingerprint density at radius 1 is 0.847 bits per heavy atom. The van der Waals surface area contributed by atoms with Crippen LogP contribution in [0.15, 0.2) is 79.1 Å². The highest BCUT2D eigenvalue weighted by molar-refractivity contribution is 6.01. The normalized spacial score (nSPS) is 14.3. The van der Waals surface area contributed by atoms with E-state index in [0.717, 1.165) is 17.5 Å². The maximum atomic E-state index is 14.0. The molecule has 0 radical (unpaired) electrons. The summed E-state index contributed by atoms with van der Waals surface area (Å²) in [6.45, 7) is 2.18. The van der Waals surface area contributed by atoms with Gasteiger partial charge in [0.05, 0.1) is 6.42 Å². The molecule has 0 bridgehead atoms. The molecule has 0 saturated heterocycles. The minimum Gasteiger partial charge on any atom is -0.481 e. The first kappa shape index (κ1) is 45.1. The largest absolute Gasteiger partial charge is 0.481 e. The average molecular weight is 811 g/mol. The highest BCUT2D eigenvalue weighted by Gasteiger charge is 2.42. The third kappa shape index (κ3) is 15.4. The van der Waals surface area contributed by atoms with Crippen molar-refractivity contribution in [1.29, 1.82) is 0 Å². The van der Waals surface area contributed by atoms with Gasteiger partial charge in [0.25, 0.3) is 0 Å². The lowest BCUT2D eigenvalue weighted by Gasteiger charge is -2.37. The average Bonchev–Trinajstić information content (AvgIpc) is 3.21. The van der Waals surface area contributed by atoms with Gasteiger partial charge in [0.1, 0.15) is 17.6 Å². The van der Waals surface area contributed by atoms with Gasteiger partial charge >= 0.3 is 12.0 Å². The SMILES string of the molecule is Cc1ccccc1NC(=O)Nc1ccc(CC(=O)NCCCC[C@H](NC(=O)C2(NC(=O)/C=C/c3cccnc3)CCCCC2)C(=O)N[C@@H](CCCC(=O)O)C(N)=O)cc1. The van der Waals surface area contributed by atoms with Crippen LogP contribution in [0.1, 0.15) is 87.3 Å². The van der Waals surface area contributed by atoms with E-state index in [-0.39, 0.29) is 44.6 Å². The fraction of sp³-hybridized carbons (Fsp3) is 0.395. The number of aliphatic carboxylic acids is 1. The molecule has 2 aromatic carbocycles. The molecular formula is C43H54N8O8. The van der Waals surface area contributed by atoms with E-state index in [1.807, 2.05) is 25.1 Å². The lowest BCUT2D eigenvalue weighted by atomic mass is 9.80. The standard InChI is InChI=1S/C43H54N8O8/c1-29-11-3-4-13-33(29)50-42(59)47-32-20-17-30(18-21-32)27-37(53)46-26-8-5-14-35(40(57)48-34(39(44)56)15-9-16-38(54)55)49-41(58)43(23-6-2-7-24-43)51-36(52)22-19-31-12-10-25-45-28-31/h3-4,10-13,17-22,25,28,34-35H,2,5-9,14-16,23-24,26-27H2,1H3,(H2,44,56)(H,46,53)(H,48,57)(H,49,58)(H,51,52)(H,54,55)(H2,47,50,59)/b22-19+/t34-,35-/m0/s1. The molecule has 4 rings (SSSR count). The van der Waals surface area contributed by atoms with Crippen molar-refractivity contribution < 1.29 is 38.7 Å². The molecular weight excluding hydrogens is 757 g/mol. The van der Waals surface area contributed by atoms with E-state index >= 15 is 0 Å². The monoisotopic (exact) mass is 810 g/mol. The third-order valence-corrected chi connectivity index (χ3v) is 9.99. The Kier molecular flexibility index (Phi) is 17.6. The number of nitrogens with two attached hydrogens (primary N) is 1. The molecule has 0 spiro atoms. The lowest BCUT2D eigenvalue weighted by molar-refractivity contribution is -0.137. The van der Waals surface area contributed by atoms with Crippen molar-refractivity contribution in [1.82, 2.24) is 26.3 Å². The van der Waals surface area contributed by atoms with Gasteiger partial charge in [0.2, 0.25) is 29.5 Å². The van der Waals surface area contributed by atoms with E-state index < -0.39 is 53.3 Å². The van der Waals surface area contributed by atoms with Crippen LogP contribution in [-0.2, 0) is 35.2 Å². The van der Waals surface area contributed by atoms with Crippen molar-refractivity contribution in [2.24, 2.45) is 5.73 Å². The number of nitrogens with one attached hydrogen (secondary N) is 6. The van der Waals surface area contributed by atoms with Gasteiger partial charge in [-0.25, -0.2) is 4.79 Å². The first-order valence-electron chi connectivity index (χ1n) is 19.9. The first-order valence-corrected chi connectivity index (χ1v) is 19.9. The van der Waals surface area contributed by atoms with Crippen molar-refractivity contribution in [3.63, 3.8) is 0 Å². The molecule has 1 saturated carbocycles. The molecule has 3 aromatic rings. The van der Waals surface area contributed by atoms with Crippen LogP contribution in [0.3, 0.4) is 0 Å². The van der Waals surface area contributed by atoms with Gasteiger partial charge in [-0.3, -0.25) is 33.8 Å². The number of para-hydroxylation sites is 1. The number of carboxylic acids is 1. The zero-order chi connectivity index (χ0) is 42.6. The fourth-order valence-corrected chi connectivity index (χ4v) is 6.72. The quantitative estimate of drug-likeness (QED) is 0.0569. The molecule has 9 N–H and O–H groups in total. The Hall–Kier alpha value is -6.58. The molecule has 1 fully saturated rings. The number of benzene rings is 2. The van der Waals surface area contributed by atoms with Crippen molar-refractivity contribution in [2.45, 2.75) is 102 Å². The number of unbranched alkanes of at least 4 members (excludes halogenated alkanes) is 1. The Morgan fingerprint density at radius 3 is 2.25 bits per heavy atom. The number of nitrogens with zero attached hydrogens (tertiary/aromatic N) is 1. The van der Waals surface area contributed by atoms with E-state index in [0.29, 0.717) is 55.5 Å². The van der Waals surface area contributed by atoms with Gasteiger partial charge in [-0.1, -0.05) is 55.7 Å². The third-order valence-electron chi connectivity index (χ3n) is 9.99. The molecule has 16 heteroatoms. The highest BCUT2D eigenvalue weighted by Crippen LogP contribution is 2.29. The van der Waals surface area contributed by atoms with E-state index in [2.05, 4.69) is 36.9 Å². The molecule has 59 heavy (non-hydrogen) atoms. The number of urea groups is 1. The van der Waals surface area contributed by atoms with Crippen molar-refractivity contribution in [3.8, 4) is 0 Å². The molecule has 2 atom stereocenters. The zero-order valence-corrected chi connectivity index (χ0v) is 33.3. The van der Waals surface area contributed by atoms with E-state index in [4.69, 9.17) is 10.8 Å². The topological polar surface area (TPSA) is 251 Å². The van der Waals surface area contributed by atoms with E-state index in [1.54, 1.807) is 60.9 Å². The summed E-state index contributed by atoms with van der Waals surface area (Å²) >= 11 is 0. The summed E-state index contributed by atoms with van der Waals surface area (Å²) < 4.78 is 0. The van der Waals surface area contributed by atoms with Crippen molar-refractivity contribution in [3.05, 3.63) is 95.8 Å². The molecule has 1 aromatic heterocycles. The van der Waals surface area contributed by atoms with Crippen LogP contribution in [0.4, 0.5) is 16.2 Å². The number of carbonyl (C=O) groups is 7. The zero-order valence-electron chi connectivity index (χ0n) is 33.3. The minimum atomic E-state index is -1.28. The maximum absolute atomic E-state index is 14.0. The number of amides is 7. The Morgan fingerprint density at radius 2 is 1.58 bits per heavy atom. The van der Waals surface area contributed by atoms with Crippen molar-refractivity contribution >= 4 is 59.0 Å². The molecule has 0 aliphatic heterocycles. The van der Waals surface area contributed by atoms with Gasteiger partial charge in [0, 0.05) is 42.8 Å².